The lowest BCUT2D eigenvalue weighted by molar-refractivity contribution is -0.142. The SMILES string of the molecule is Cc1ccc([C@@H](C(=O)NC[C@@H]2CCCO2)N(Cc2ccccc2F)C(=O)Cn2nnc(-c3cccs3)n2)cc1. The van der Waals surface area contributed by atoms with Crippen LogP contribution in [0.5, 0.6) is 0 Å². The largest absolute Gasteiger partial charge is 0.376 e. The van der Waals surface area contributed by atoms with Gasteiger partial charge in [-0.3, -0.25) is 9.59 Å². The van der Waals surface area contributed by atoms with E-state index in [0.717, 1.165) is 23.3 Å². The van der Waals surface area contributed by atoms with Crippen LogP contribution in [0.15, 0.2) is 66.0 Å². The number of nitrogens with zero attached hydrogens (tertiary/aromatic N) is 5. The van der Waals surface area contributed by atoms with Crippen molar-refractivity contribution in [1.29, 1.82) is 0 Å². The molecule has 1 aliphatic heterocycles. The quantitative estimate of drug-likeness (QED) is 0.322. The average molecular weight is 549 g/mol. The number of hydrogen-bond acceptors (Lipinski definition) is 7. The van der Waals surface area contributed by atoms with E-state index in [1.807, 2.05) is 48.7 Å². The highest BCUT2D eigenvalue weighted by Crippen LogP contribution is 2.26. The molecule has 5 rings (SSSR count). The number of aromatic nitrogens is 4. The number of halogens is 1. The minimum absolute atomic E-state index is 0.0710. The van der Waals surface area contributed by atoms with Gasteiger partial charge in [-0.05, 0) is 48.1 Å². The van der Waals surface area contributed by atoms with Crippen LogP contribution < -0.4 is 5.32 Å². The highest BCUT2D eigenvalue weighted by molar-refractivity contribution is 7.13. The van der Waals surface area contributed by atoms with Gasteiger partial charge in [0.05, 0.1) is 11.0 Å². The first-order chi connectivity index (χ1) is 19.0. The maximum atomic E-state index is 14.8. The zero-order chi connectivity index (χ0) is 27.2. The zero-order valence-corrected chi connectivity index (χ0v) is 22.3. The van der Waals surface area contributed by atoms with E-state index in [9.17, 15) is 14.0 Å². The van der Waals surface area contributed by atoms with E-state index in [-0.39, 0.29) is 25.1 Å². The fraction of sp³-hybridized carbons (Fsp3) is 0.321. The first-order valence-electron chi connectivity index (χ1n) is 12.8. The van der Waals surface area contributed by atoms with Crippen molar-refractivity contribution in [2.45, 2.75) is 45.0 Å². The van der Waals surface area contributed by atoms with Gasteiger partial charge >= 0.3 is 0 Å². The summed E-state index contributed by atoms with van der Waals surface area (Å²) in [5.74, 6) is -0.879. The van der Waals surface area contributed by atoms with Crippen molar-refractivity contribution < 1.29 is 18.7 Å². The molecule has 1 fully saturated rings. The second-order valence-electron chi connectivity index (χ2n) is 9.43. The lowest BCUT2D eigenvalue weighted by Gasteiger charge is -2.32. The minimum Gasteiger partial charge on any atom is -0.376 e. The molecule has 0 spiro atoms. The van der Waals surface area contributed by atoms with Gasteiger partial charge in [-0.1, -0.05) is 54.1 Å². The fourth-order valence-electron chi connectivity index (χ4n) is 4.50. The lowest BCUT2D eigenvalue weighted by atomic mass is 10.0. The maximum Gasteiger partial charge on any atom is 0.247 e. The van der Waals surface area contributed by atoms with E-state index in [2.05, 4.69) is 20.7 Å². The molecule has 2 atom stereocenters. The molecule has 0 radical (unpaired) electrons. The number of rotatable bonds is 10. The number of carbonyl (C=O) groups is 2. The molecule has 11 heteroatoms. The van der Waals surface area contributed by atoms with Gasteiger partial charge in [-0.25, -0.2) is 4.39 Å². The van der Waals surface area contributed by atoms with Crippen LogP contribution in [0.3, 0.4) is 0 Å². The molecular formula is C28H29FN6O3S. The Hall–Kier alpha value is -3.96. The Balaban J connectivity index is 1.46. The maximum absolute atomic E-state index is 14.8. The van der Waals surface area contributed by atoms with Crippen LogP contribution in [0.25, 0.3) is 10.7 Å². The number of thiophene rings is 1. The minimum atomic E-state index is -1.01. The molecule has 0 unspecified atom stereocenters. The molecule has 3 heterocycles. The first-order valence-corrected chi connectivity index (χ1v) is 13.7. The van der Waals surface area contributed by atoms with Gasteiger partial charge in [-0.15, -0.1) is 21.5 Å². The highest BCUT2D eigenvalue weighted by atomic mass is 32.1. The third-order valence-electron chi connectivity index (χ3n) is 6.57. The van der Waals surface area contributed by atoms with E-state index < -0.39 is 17.8 Å². The van der Waals surface area contributed by atoms with E-state index >= 15 is 0 Å². The summed E-state index contributed by atoms with van der Waals surface area (Å²) in [4.78, 5) is 31.0. The number of carbonyl (C=O) groups excluding carboxylic acids is 2. The number of hydrogen-bond donors (Lipinski definition) is 1. The molecule has 0 saturated carbocycles. The van der Waals surface area contributed by atoms with Gasteiger partial charge in [0.15, 0.2) is 0 Å². The Morgan fingerprint density at radius 3 is 2.72 bits per heavy atom. The molecule has 9 nitrogen and oxygen atoms in total. The molecule has 202 valence electrons. The van der Waals surface area contributed by atoms with Crippen molar-refractivity contribution in [2.24, 2.45) is 0 Å². The number of benzene rings is 2. The molecule has 39 heavy (non-hydrogen) atoms. The van der Waals surface area contributed by atoms with E-state index in [1.165, 1.54) is 27.1 Å². The molecule has 1 saturated heterocycles. The molecule has 4 aromatic rings. The van der Waals surface area contributed by atoms with Crippen LogP contribution in [0, 0.1) is 12.7 Å². The Labute approximate surface area is 229 Å². The predicted octanol–water partition coefficient (Wildman–Crippen LogP) is 3.91. The summed E-state index contributed by atoms with van der Waals surface area (Å²) in [6.45, 7) is 2.55. The highest BCUT2D eigenvalue weighted by Gasteiger charge is 2.33. The van der Waals surface area contributed by atoms with Gasteiger partial charge in [0.1, 0.15) is 18.4 Å². The predicted molar refractivity (Wildman–Crippen MR) is 144 cm³/mol. The van der Waals surface area contributed by atoms with Crippen molar-refractivity contribution in [1.82, 2.24) is 30.4 Å². The van der Waals surface area contributed by atoms with E-state index in [0.29, 0.717) is 30.1 Å². The molecule has 0 aliphatic carbocycles. The van der Waals surface area contributed by atoms with Crippen molar-refractivity contribution in [2.75, 3.05) is 13.2 Å². The third-order valence-corrected chi connectivity index (χ3v) is 7.44. The number of tetrazole rings is 1. The smallest absolute Gasteiger partial charge is 0.247 e. The van der Waals surface area contributed by atoms with Crippen molar-refractivity contribution in [3.63, 3.8) is 0 Å². The summed E-state index contributed by atoms with van der Waals surface area (Å²) in [6, 6.07) is 16.4. The van der Waals surface area contributed by atoms with Crippen LogP contribution >= 0.6 is 11.3 Å². The van der Waals surface area contributed by atoms with Gasteiger partial charge in [0, 0.05) is 25.3 Å². The Morgan fingerprint density at radius 1 is 1.18 bits per heavy atom. The first kappa shape index (κ1) is 26.6. The van der Waals surface area contributed by atoms with Crippen LogP contribution in [0.1, 0.15) is 35.6 Å². The molecule has 0 bridgehead atoms. The van der Waals surface area contributed by atoms with Gasteiger partial charge in [0.25, 0.3) is 0 Å². The second kappa shape index (κ2) is 12.3. The second-order valence-corrected chi connectivity index (χ2v) is 10.4. The Bertz CT molecular complexity index is 1400. The molecule has 2 aromatic carbocycles. The summed E-state index contributed by atoms with van der Waals surface area (Å²) >= 11 is 1.46. The number of ether oxygens (including phenoxy) is 1. The topological polar surface area (TPSA) is 102 Å². The molecular weight excluding hydrogens is 519 g/mol. The summed E-state index contributed by atoms with van der Waals surface area (Å²) in [5, 5.41) is 17.3. The number of amides is 2. The average Bonchev–Trinajstić information content (AvgIpc) is 3.72. The van der Waals surface area contributed by atoms with Gasteiger partial charge < -0.3 is 15.0 Å². The number of nitrogens with one attached hydrogen (secondary N) is 1. The van der Waals surface area contributed by atoms with Crippen molar-refractivity contribution in [3.8, 4) is 10.7 Å². The summed E-state index contributed by atoms with van der Waals surface area (Å²) in [5.41, 5.74) is 1.92. The van der Waals surface area contributed by atoms with Crippen molar-refractivity contribution >= 4 is 23.2 Å². The Kier molecular flexibility index (Phi) is 8.38. The van der Waals surface area contributed by atoms with Crippen molar-refractivity contribution in [3.05, 3.63) is 88.6 Å². The third kappa shape index (κ3) is 6.55. The van der Waals surface area contributed by atoms with Crippen LogP contribution in [-0.2, 0) is 27.4 Å². The fourth-order valence-corrected chi connectivity index (χ4v) is 5.15. The summed E-state index contributed by atoms with van der Waals surface area (Å²) in [7, 11) is 0. The van der Waals surface area contributed by atoms with E-state index in [1.54, 1.807) is 18.2 Å². The number of aryl methyl sites for hydroxylation is 1. The molecule has 1 N–H and O–H groups in total. The van der Waals surface area contributed by atoms with Crippen LogP contribution in [-0.4, -0.2) is 56.2 Å². The standard InChI is InChI=1S/C28H29FN6O3S/c1-19-10-12-20(13-11-19)26(28(37)30-16-22-7-4-14-38-22)34(17-21-6-2-3-8-23(21)29)25(36)18-35-32-27(31-33-35)24-9-5-15-39-24/h2-3,5-6,8-13,15,22,26H,4,7,14,16-18H2,1H3,(H,30,37)/t22-,26-/m0/s1. The lowest BCUT2D eigenvalue weighted by Crippen LogP contribution is -2.46. The normalized spacial score (nSPS) is 15.7. The Morgan fingerprint density at radius 2 is 2.00 bits per heavy atom. The monoisotopic (exact) mass is 548 g/mol. The molecule has 2 amide bonds. The van der Waals surface area contributed by atoms with Gasteiger partial charge in [0.2, 0.25) is 17.6 Å². The van der Waals surface area contributed by atoms with Gasteiger partial charge in [-0.2, -0.15) is 4.80 Å². The molecule has 2 aromatic heterocycles. The van der Waals surface area contributed by atoms with Crippen LogP contribution in [0.4, 0.5) is 4.39 Å². The van der Waals surface area contributed by atoms with Crippen LogP contribution in [0.2, 0.25) is 0 Å². The molecule has 1 aliphatic rings. The van der Waals surface area contributed by atoms with E-state index in [4.69, 9.17) is 4.74 Å². The summed E-state index contributed by atoms with van der Waals surface area (Å²) < 4.78 is 20.4. The zero-order valence-electron chi connectivity index (χ0n) is 21.5. The summed E-state index contributed by atoms with van der Waals surface area (Å²) in [6.07, 6.45) is 1.73.